The zero-order valence-electron chi connectivity index (χ0n) is 9.93. The highest BCUT2D eigenvalue weighted by atomic mass is 16.3. The van der Waals surface area contributed by atoms with E-state index in [0.717, 1.165) is 17.7 Å². The minimum absolute atomic E-state index is 0.00856. The average molecular weight is 242 g/mol. The van der Waals surface area contributed by atoms with Crippen molar-refractivity contribution in [1.82, 2.24) is 4.90 Å². The number of carbonyl (C=O) groups excluding carboxylic acids is 1. The first-order chi connectivity index (χ1) is 8.75. The summed E-state index contributed by atoms with van der Waals surface area (Å²) in [4.78, 5) is 14.1. The molecular weight excluding hydrogens is 228 g/mol. The Morgan fingerprint density at radius 3 is 2.94 bits per heavy atom. The first kappa shape index (κ1) is 10.9. The van der Waals surface area contributed by atoms with Crippen molar-refractivity contribution in [3.8, 4) is 0 Å². The number of furan rings is 1. The van der Waals surface area contributed by atoms with E-state index in [1.807, 2.05) is 24.3 Å². The van der Waals surface area contributed by atoms with Gasteiger partial charge in [0, 0.05) is 12.2 Å². The van der Waals surface area contributed by atoms with Crippen molar-refractivity contribution in [2.24, 2.45) is 0 Å². The van der Waals surface area contributed by atoms with Crippen LogP contribution in [0.1, 0.15) is 21.7 Å². The van der Waals surface area contributed by atoms with Crippen LogP contribution in [0.5, 0.6) is 0 Å². The fraction of sp³-hybridized carbons (Fsp3) is 0.214. The molecule has 0 radical (unpaired) electrons. The maximum Gasteiger partial charge on any atom is 0.256 e. The smallest absolute Gasteiger partial charge is 0.256 e. The van der Waals surface area contributed by atoms with Gasteiger partial charge in [0.25, 0.3) is 5.91 Å². The topological polar surface area (TPSA) is 59.5 Å². The van der Waals surface area contributed by atoms with Crippen LogP contribution in [0.15, 0.2) is 41.0 Å². The molecular formula is C14H14N2O2. The number of hydrogen-bond donors (Lipinski definition) is 1. The first-order valence-corrected chi connectivity index (χ1v) is 5.95. The Balaban J connectivity index is 1.89. The monoisotopic (exact) mass is 242 g/mol. The first-order valence-electron chi connectivity index (χ1n) is 5.95. The molecule has 18 heavy (non-hydrogen) atoms. The highest BCUT2D eigenvalue weighted by Crippen LogP contribution is 2.25. The Hall–Kier alpha value is -2.23. The van der Waals surface area contributed by atoms with Gasteiger partial charge in [-0.2, -0.15) is 0 Å². The molecule has 1 aliphatic rings. The normalized spacial score (nSPS) is 14.7. The minimum Gasteiger partial charge on any atom is -0.467 e. The van der Waals surface area contributed by atoms with Crippen LogP contribution in [0.4, 0.5) is 5.69 Å². The molecule has 0 bridgehead atoms. The van der Waals surface area contributed by atoms with Crippen molar-refractivity contribution >= 4 is 11.6 Å². The predicted molar refractivity (Wildman–Crippen MR) is 68.0 cm³/mol. The maximum atomic E-state index is 12.4. The summed E-state index contributed by atoms with van der Waals surface area (Å²) in [7, 11) is 0. The minimum atomic E-state index is -0.00856. The molecule has 92 valence electrons. The molecule has 1 aromatic carbocycles. The van der Waals surface area contributed by atoms with Gasteiger partial charge in [-0.15, -0.1) is 0 Å². The van der Waals surface area contributed by atoms with E-state index in [1.165, 1.54) is 0 Å². The van der Waals surface area contributed by atoms with Gasteiger partial charge >= 0.3 is 0 Å². The zero-order chi connectivity index (χ0) is 12.5. The molecule has 3 rings (SSSR count). The summed E-state index contributed by atoms with van der Waals surface area (Å²) in [6.45, 7) is 1.20. The average Bonchev–Trinajstić information content (AvgIpc) is 2.86. The Kier molecular flexibility index (Phi) is 2.55. The lowest BCUT2D eigenvalue weighted by molar-refractivity contribution is 0.0716. The van der Waals surface area contributed by atoms with Crippen molar-refractivity contribution in [2.45, 2.75) is 13.0 Å². The lowest BCUT2D eigenvalue weighted by atomic mass is 9.97. The van der Waals surface area contributed by atoms with Crippen molar-refractivity contribution in [3.63, 3.8) is 0 Å². The molecule has 2 aromatic rings. The standard InChI is InChI=1S/C14H14N2O2/c15-12-5-1-3-10-6-7-16(14(17)13(10)12)9-11-4-2-8-18-11/h1-5,8H,6-7,9,15H2. The van der Waals surface area contributed by atoms with Crippen molar-refractivity contribution in [3.05, 3.63) is 53.5 Å². The molecule has 0 fully saturated rings. The largest absolute Gasteiger partial charge is 0.467 e. The summed E-state index contributed by atoms with van der Waals surface area (Å²) in [5, 5.41) is 0. The third kappa shape index (κ3) is 1.76. The van der Waals surface area contributed by atoms with Gasteiger partial charge in [-0.1, -0.05) is 12.1 Å². The van der Waals surface area contributed by atoms with E-state index in [9.17, 15) is 4.79 Å². The van der Waals surface area contributed by atoms with Gasteiger partial charge in [0.05, 0.1) is 18.4 Å². The highest BCUT2D eigenvalue weighted by molar-refractivity contribution is 6.01. The molecule has 1 aliphatic heterocycles. The molecule has 4 heteroatoms. The Labute approximate surface area is 105 Å². The number of fused-ring (bicyclic) bond motifs is 1. The Morgan fingerprint density at radius 2 is 2.17 bits per heavy atom. The second-order valence-electron chi connectivity index (χ2n) is 4.44. The van der Waals surface area contributed by atoms with E-state index in [1.54, 1.807) is 17.2 Å². The predicted octanol–water partition coefficient (Wildman–Crippen LogP) is 2.06. The van der Waals surface area contributed by atoms with Gasteiger partial charge in [0.15, 0.2) is 0 Å². The lowest BCUT2D eigenvalue weighted by Crippen LogP contribution is -2.37. The maximum absolute atomic E-state index is 12.4. The van der Waals surface area contributed by atoms with Gasteiger partial charge in [-0.25, -0.2) is 0 Å². The number of nitrogens with two attached hydrogens (primary N) is 1. The molecule has 2 heterocycles. The summed E-state index contributed by atoms with van der Waals surface area (Å²) in [6.07, 6.45) is 2.46. The van der Waals surface area contributed by atoms with Crippen LogP contribution < -0.4 is 5.73 Å². The molecule has 0 aliphatic carbocycles. The van der Waals surface area contributed by atoms with Crippen LogP contribution in [-0.2, 0) is 13.0 Å². The van der Waals surface area contributed by atoms with Crippen LogP contribution in [0.25, 0.3) is 0 Å². The number of benzene rings is 1. The van der Waals surface area contributed by atoms with E-state index in [2.05, 4.69) is 0 Å². The molecule has 0 saturated heterocycles. The van der Waals surface area contributed by atoms with Crippen LogP contribution in [0, 0.1) is 0 Å². The zero-order valence-corrected chi connectivity index (χ0v) is 9.93. The van der Waals surface area contributed by atoms with Crippen molar-refractivity contribution in [2.75, 3.05) is 12.3 Å². The van der Waals surface area contributed by atoms with Gasteiger partial charge in [0.1, 0.15) is 5.76 Å². The Morgan fingerprint density at radius 1 is 1.28 bits per heavy atom. The number of nitrogens with zero attached hydrogens (tertiary/aromatic N) is 1. The molecule has 0 spiro atoms. The fourth-order valence-electron chi connectivity index (χ4n) is 2.35. The number of hydrogen-bond acceptors (Lipinski definition) is 3. The van der Waals surface area contributed by atoms with Gasteiger partial charge < -0.3 is 15.1 Å². The van der Waals surface area contributed by atoms with Crippen molar-refractivity contribution in [1.29, 1.82) is 0 Å². The van der Waals surface area contributed by atoms with Gasteiger partial charge in [0.2, 0.25) is 0 Å². The molecule has 1 aromatic heterocycles. The van der Waals surface area contributed by atoms with Crippen LogP contribution in [0.3, 0.4) is 0 Å². The lowest BCUT2D eigenvalue weighted by Gasteiger charge is -2.28. The number of amides is 1. The van der Waals surface area contributed by atoms with Crippen LogP contribution >= 0.6 is 0 Å². The molecule has 0 saturated carbocycles. The highest BCUT2D eigenvalue weighted by Gasteiger charge is 2.26. The van der Waals surface area contributed by atoms with E-state index in [4.69, 9.17) is 10.2 Å². The molecule has 2 N–H and O–H groups in total. The summed E-state index contributed by atoms with van der Waals surface area (Å²) in [5.41, 5.74) is 8.14. The van der Waals surface area contributed by atoms with E-state index < -0.39 is 0 Å². The van der Waals surface area contributed by atoms with Gasteiger partial charge in [-0.05, 0) is 30.2 Å². The molecule has 4 nitrogen and oxygen atoms in total. The third-order valence-electron chi connectivity index (χ3n) is 3.26. The second-order valence-corrected chi connectivity index (χ2v) is 4.44. The molecule has 0 atom stereocenters. The Bertz CT molecular complexity index is 575. The number of carbonyl (C=O) groups is 1. The van der Waals surface area contributed by atoms with Crippen molar-refractivity contribution < 1.29 is 9.21 Å². The third-order valence-corrected chi connectivity index (χ3v) is 3.26. The molecule has 1 amide bonds. The van der Waals surface area contributed by atoms with Crippen LogP contribution in [0.2, 0.25) is 0 Å². The van der Waals surface area contributed by atoms with Crippen LogP contribution in [-0.4, -0.2) is 17.4 Å². The fourth-order valence-corrected chi connectivity index (χ4v) is 2.35. The summed E-state index contributed by atoms with van der Waals surface area (Å²) in [5.74, 6) is 0.784. The SMILES string of the molecule is Nc1cccc2c1C(=O)N(Cc1ccco1)CC2. The van der Waals surface area contributed by atoms with E-state index >= 15 is 0 Å². The number of rotatable bonds is 2. The second kappa shape index (κ2) is 4.22. The number of anilines is 1. The van der Waals surface area contributed by atoms with Gasteiger partial charge in [-0.3, -0.25) is 4.79 Å². The van der Waals surface area contributed by atoms with E-state index in [-0.39, 0.29) is 5.91 Å². The van der Waals surface area contributed by atoms with E-state index in [0.29, 0.717) is 24.3 Å². The quantitative estimate of drug-likeness (QED) is 0.820. The molecule has 0 unspecified atom stereocenters. The number of nitrogen functional groups attached to an aromatic ring is 1. The summed E-state index contributed by atoms with van der Waals surface area (Å²) >= 11 is 0. The summed E-state index contributed by atoms with van der Waals surface area (Å²) < 4.78 is 5.28. The summed E-state index contributed by atoms with van der Waals surface area (Å²) in [6, 6.07) is 9.33.